The molecule has 29 heavy (non-hydrogen) atoms. The molecule has 0 bridgehead atoms. The second-order valence-electron chi connectivity index (χ2n) is 7.63. The minimum atomic E-state index is -3.52. The number of piperidine rings is 1. The minimum absolute atomic E-state index is 0.0386. The summed E-state index contributed by atoms with van der Waals surface area (Å²) in [6.07, 6.45) is 5.30. The first kappa shape index (κ1) is 20.1. The Morgan fingerprint density at radius 2 is 1.86 bits per heavy atom. The molecule has 2 aliphatic rings. The minimum Gasteiger partial charge on any atom is -0.338 e. The quantitative estimate of drug-likeness (QED) is 0.731. The summed E-state index contributed by atoms with van der Waals surface area (Å²) in [5.41, 5.74) is 1.56. The van der Waals surface area contributed by atoms with Crippen LogP contribution in [0.5, 0.6) is 0 Å². The number of hydrogen-bond acceptors (Lipinski definition) is 5. The highest BCUT2D eigenvalue weighted by atomic mass is 32.2. The Balaban J connectivity index is 1.46. The summed E-state index contributed by atoms with van der Waals surface area (Å²) in [6, 6.07) is 1.91. The molecule has 4 rings (SSSR count). The lowest BCUT2D eigenvalue weighted by molar-refractivity contribution is 0.0766. The van der Waals surface area contributed by atoms with E-state index in [1.807, 2.05) is 29.5 Å². The van der Waals surface area contributed by atoms with Crippen molar-refractivity contribution in [2.45, 2.75) is 57.0 Å². The zero-order valence-electron chi connectivity index (χ0n) is 17.0. The first-order valence-corrected chi connectivity index (χ1v) is 11.8. The molecule has 2 aromatic rings. The molecule has 0 radical (unpaired) electrons. The molecular weight excluding hydrogens is 392 g/mol. The second-order valence-corrected chi connectivity index (χ2v) is 9.56. The molecule has 0 N–H and O–H groups in total. The standard InChI is InChI=1S/C19H28N6O3S/c1-3-22-8-5-9-25-18(19(22)26)12-17(21-25)15-6-10-24(11-7-15)29(27,28)16-13-20-23(4-2)14-16/h12-15H,3-11H2,1-2H3. The van der Waals surface area contributed by atoms with Crippen LogP contribution in [0.4, 0.5) is 0 Å². The number of carbonyl (C=O) groups is 1. The summed E-state index contributed by atoms with van der Waals surface area (Å²) in [7, 11) is -3.52. The van der Waals surface area contributed by atoms with E-state index in [9.17, 15) is 13.2 Å². The van der Waals surface area contributed by atoms with Gasteiger partial charge in [-0.05, 0) is 39.2 Å². The van der Waals surface area contributed by atoms with E-state index in [1.54, 1.807) is 10.9 Å². The van der Waals surface area contributed by atoms with Crippen molar-refractivity contribution in [3.8, 4) is 0 Å². The molecule has 1 fully saturated rings. The number of hydrogen-bond donors (Lipinski definition) is 0. The van der Waals surface area contributed by atoms with Crippen LogP contribution in [-0.4, -0.2) is 69.3 Å². The van der Waals surface area contributed by atoms with Gasteiger partial charge in [-0.25, -0.2) is 8.42 Å². The van der Waals surface area contributed by atoms with E-state index < -0.39 is 10.0 Å². The normalized spacial score (nSPS) is 19.4. The van der Waals surface area contributed by atoms with Gasteiger partial charge in [0, 0.05) is 51.4 Å². The fourth-order valence-electron chi connectivity index (χ4n) is 4.15. The lowest BCUT2D eigenvalue weighted by Crippen LogP contribution is -2.37. The molecule has 1 amide bonds. The van der Waals surface area contributed by atoms with Gasteiger partial charge in [0.25, 0.3) is 5.91 Å². The zero-order chi connectivity index (χ0) is 20.6. The Labute approximate surface area is 171 Å². The molecule has 158 valence electrons. The fraction of sp³-hybridized carbons (Fsp3) is 0.632. The van der Waals surface area contributed by atoms with Gasteiger partial charge in [0.1, 0.15) is 10.6 Å². The van der Waals surface area contributed by atoms with Gasteiger partial charge in [0.05, 0.1) is 11.9 Å². The third-order valence-corrected chi connectivity index (χ3v) is 7.78. The Hall–Kier alpha value is -2.20. The molecule has 4 heterocycles. The molecule has 0 saturated carbocycles. The average Bonchev–Trinajstić information content (AvgIpc) is 3.36. The topological polar surface area (TPSA) is 93.3 Å². The number of fused-ring (bicyclic) bond motifs is 1. The molecular formula is C19H28N6O3S. The van der Waals surface area contributed by atoms with Gasteiger partial charge in [0.2, 0.25) is 10.0 Å². The molecule has 2 aliphatic heterocycles. The maximum absolute atomic E-state index is 12.9. The van der Waals surface area contributed by atoms with E-state index in [0.29, 0.717) is 44.7 Å². The molecule has 0 aromatic carbocycles. The maximum atomic E-state index is 12.9. The summed E-state index contributed by atoms with van der Waals surface area (Å²) < 4.78 is 30.7. The van der Waals surface area contributed by atoms with Crippen molar-refractivity contribution in [2.75, 3.05) is 26.2 Å². The summed E-state index contributed by atoms with van der Waals surface area (Å²) in [5.74, 6) is 0.207. The third-order valence-electron chi connectivity index (χ3n) is 5.93. The van der Waals surface area contributed by atoms with Gasteiger partial charge in [0.15, 0.2) is 0 Å². The lowest BCUT2D eigenvalue weighted by atomic mass is 9.94. The van der Waals surface area contributed by atoms with E-state index in [0.717, 1.165) is 25.2 Å². The van der Waals surface area contributed by atoms with E-state index in [1.165, 1.54) is 10.5 Å². The number of carbonyl (C=O) groups excluding carboxylic acids is 1. The van der Waals surface area contributed by atoms with Gasteiger partial charge < -0.3 is 4.90 Å². The van der Waals surface area contributed by atoms with Crippen LogP contribution in [0.15, 0.2) is 23.4 Å². The monoisotopic (exact) mass is 420 g/mol. The van der Waals surface area contributed by atoms with Crippen LogP contribution >= 0.6 is 0 Å². The number of aryl methyl sites for hydroxylation is 2. The number of nitrogens with zero attached hydrogens (tertiary/aromatic N) is 6. The van der Waals surface area contributed by atoms with Crippen LogP contribution < -0.4 is 0 Å². The van der Waals surface area contributed by atoms with Gasteiger partial charge in [-0.15, -0.1) is 0 Å². The maximum Gasteiger partial charge on any atom is 0.272 e. The van der Waals surface area contributed by atoms with Crippen molar-refractivity contribution in [1.29, 1.82) is 0 Å². The van der Waals surface area contributed by atoms with Crippen LogP contribution in [-0.2, 0) is 23.1 Å². The van der Waals surface area contributed by atoms with E-state index >= 15 is 0 Å². The molecule has 0 aliphatic carbocycles. The Morgan fingerprint density at radius 1 is 1.10 bits per heavy atom. The van der Waals surface area contributed by atoms with Crippen molar-refractivity contribution in [3.05, 3.63) is 29.8 Å². The number of aromatic nitrogens is 4. The summed E-state index contributed by atoms with van der Waals surface area (Å²) in [4.78, 5) is 14.8. The summed E-state index contributed by atoms with van der Waals surface area (Å²) in [5, 5.41) is 8.79. The summed E-state index contributed by atoms with van der Waals surface area (Å²) in [6.45, 7) is 7.65. The molecule has 1 saturated heterocycles. The number of amides is 1. The predicted molar refractivity (Wildman–Crippen MR) is 107 cm³/mol. The first-order valence-electron chi connectivity index (χ1n) is 10.3. The smallest absolute Gasteiger partial charge is 0.272 e. The van der Waals surface area contributed by atoms with Crippen LogP contribution in [0, 0.1) is 0 Å². The second kappa shape index (κ2) is 7.91. The third kappa shape index (κ3) is 3.71. The van der Waals surface area contributed by atoms with Crippen molar-refractivity contribution in [2.24, 2.45) is 0 Å². The fourth-order valence-corrected chi connectivity index (χ4v) is 5.57. The van der Waals surface area contributed by atoms with Crippen molar-refractivity contribution >= 4 is 15.9 Å². The Morgan fingerprint density at radius 3 is 2.52 bits per heavy atom. The number of rotatable bonds is 5. The first-order chi connectivity index (χ1) is 13.9. The highest BCUT2D eigenvalue weighted by molar-refractivity contribution is 7.89. The largest absolute Gasteiger partial charge is 0.338 e. The highest BCUT2D eigenvalue weighted by Gasteiger charge is 2.33. The van der Waals surface area contributed by atoms with Crippen LogP contribution in [0.25, 0.3) is 0 Å². The van der Waals surface area contributed by atoms with Gasteiger partial charge in [-0.1, -0.05) is 0 Å². The van der Waals surface area contributed by atoms with Crippen molar-refractivity contribution in [3.63, 3.8) is 0 Å². The lowest BCUT2D eigenvalue weighted by Gasteiger charge is -2.30. The average molecular weight is 421 g/mol. The molecule has 0 spiro atoms. The number of sulfonamides is 1. The van der Waals surface area contributed by atoms with Gasteiger partial charge in [-0.2, -0.15) is 14.5 Å². The van der Waals surface area contributed by atoms with Crippen LogP contribution in [0.1, 0.15) is 55.2 Å². The summed E-state index contributed by atoms with van der Waals surface area (Å²) >= 11 is 0. The zero-order valence-corrected chi connectivity index (χ0v) is 17.8. The molecule has 9 nitrogen and oxygen atoms in total. The molecule has 10 heteroatoms. The van der Waals surface area contributed by atoms with E-state index in [2.05, 4.69) is 5.10 Å². The van der Waals surface area contributed by atoms with Crippen molar-refractivity contribution < 1.29 is 13.2 Å². The molecule has 2 aromatic heterocycles. The molecule has 0 unspecified atom stereocenters. The molecule has 0 atom stereocenters. The predicted octanol–water partition coefficient (Wildman–Crippen LogP) is 1.53. The van der Waals surface area contributed by atoms with Gasteiger partial charge >= 0.3 is 0 Å². The van der Waals surface area contributed by atoms with Crippen LogP contribution in [0.3, 0.4) is 0 Å². The highest BCUT2D eigenvalue weighted by Crippen LogP contribution is 2.31. The van der Waals surface area contributed by atoms with E-state index in [-0.39, 0.29) is 16.7 Å². The van der Waals surface area contributed by atoms with Crippen LogP contribution in [0.2, 0.25) is 0 Å². The Kier molecular flexibility index (Phi) is 5.48. The van der Waals surface area contributed by atoms with E-state index in [4.69, 9.17) is 5.10 Å². The van der Waals surface area contributed by atoms with Crippen molar-refractivity contribution in [1.82, 2.24) is 28.8 Å². The SMILES string of the molecule is CCN1CCCn2nc(C3CCN(S(=O)(=O)c4cnn(CC)c4)CC3)cc2C1=O. The van der Waals surface area contributed by atoms with Gasteiger partial charge in [-0.3, -0.25) is 14.2 Å². The Bertz CT molecular complexity index is 988.